The average molecular weight is 553 g/mol. The Morgan fingerprint density at radius 1 is 1.21 bits per heavy atom. The summed E-state index contributed by atoms with van der Waals surface area (Å²) in [5.74, 6) is 0.302. The lowest BCUT2D eigenvalue weighted by Gasteiger charge is -2.29. The Labute approximate surface area is 220 Å². The van der Waals surface area contributed by atoms with Gasteiger partial charge < -0.3 is 20.1 Å². The average Bonchev–Trinajstić information content (AvgIpc) is 3.39. The Morgan fingerprint density at radius 2 is 1.92 bits per heavy atom. The van der Waals surface area contributed by atoms with Crippen LogP contribution >= 0.6 is 11.6 Å². The fourth-order valence-electron chi connectivity index (χ4n) is 3.65. The summed E-state index contributed by atoms with van der Waals surface area (Å²) < 4.78 is 46.0. The molecule has 0 bridgehead atoms. The zero-order valence-corrected chi connectivity index (χ0v) is 20.7. The highest BCUT2D eigenvalue weighted by Gasteiger charge is 2.41. The third-order valence-electron chi connectivity index (χ3n) is 5.63. The van der Waals surface area contributed by atoms with E-state index in [4.69, 9.17) is 21.7 Å². The molecule has 202 valence electrons. The van der Waals surface area contributed by atoms with E-state index in [0.29, 0.717) is 47.7 Å². The van der Waals surface area contributed by atoms with Crippen molar-refractivity contribution in [1.29, 1.82) is 5.41 Å². The van der Waals surface area contributed by atoms with Crippen molar-refractivity contribution in [2.75, 3.05) is 37.7 Å². The van der Waals surface area contributed by atoms with Crippen molar-refractivity contribution >= 4 is 29.3 Å². The normalized spacial score (nSPS) is 14.7. The van der Waals surface area contributed by atoms with E-state index < -0.39 is 30.7 Å². The number of aromatic nitrogens is 4. The van der Waals surface area contributed by atoms with Crippen molar-refractivity contribution in [1.82, 2.24) is 30.0 Å². The van der Waals surface area contributed by atoms with Crippen LogP contribution in [0.4, 0.5) is 23.8 Å². The first kappa shape index (κ1) is 27.3. The van der Waals surface area contributed by atoms with Crippen LogP contribution in [0.25, 0.3) is 5.69 Å². The smallest absolute Gasteiger partial charge is 0.382 e. The summed E-state index contributed by atoms with van der Waals surface area (Å²) in [4.78, 5) is 24.0. The summed E-state index contributed by atoms with van der Waals surface area (Å²) in [7, 11) is 0. The van der Waals surface area contributed by atoms with E-state index in [1.807, 2.05) is 11.0 Å². The molecule has 3 aromatic rings. The Balaban J connectivity index is 1.48. The number of aliphatic hydroxyl groups excluding tert-OH is 1. The molecule has 4 rings (SSSR count). The molecule has 1 saturated heterocycles. The van der Waals surface area contributed by atoms with Crippen LogP contribution in [0.1, 0.15) is 11.4 Å². The lowest BCUT2D eigenvalue weighted by atomic mass is 10.2. The number of hydrogen-bond donors (Lipinski definition) is 3. The van der Waals surface area contributed by atoms with Gasteiger partial charge in [-0.25, -0.2) is 19.4 Å². The number of hydrogen-bond acceptors (Lipinski definition) is 8. The van der Waals surface area contributed by atoms with Crippen molar-refractivity contribution in [2.45, 2.75) is 18.8 Å². The number of urea groups is 1. The maximum atomic E-state index is 13.0. The Bertz CT molecular complexity index is 1270. The first-order chi connectivity index (χ1) is 18.1. The number of nitrogens with one attached hydrogen (secondary N) is 2. The van der Waals surface area contributed by atoms with Gasteiger partial charge in [0.2, 0.25) is 0 Å². The minimum atomic E-state index is -4.99. The maximum Gasteiger partial charge on any atom is 0.416 e. The summed E-state index contributed by atoms with van der Waals surface area (Å²) in [6.45, 7) is 1.01. The van der Waals surface area contributed by atoms with E-state index in [2.05, 4.69) is 20.4 Å². The van der Waals surface area contributed by atoms with Crippen LogP contribution in [-0.2, 0) is 11.3 Å². The highest BCUT2D eigenvalue weighted by molar-refractivity contribution is 6.30. The first-order valence-electron chi connectivity index (χ1n) is 11.5. The summed E-state index contributed by atoms with van der Waals surface area (Å²) in [5.41, 5.74) is 0.785. The summed E-state index contributed by atoms with van der Waals surface area (Å²) in [5, 5.41) is 25.0. The molecule has 1 fully saturated rings. The number of carbonyl (C=O) groups is 1. The quantitative estimate of drug-likeness (QED) is 0.303. The van der Waals surface area contributed by atoms with Gasteiger partial charge in [-0.15, -0.1) is 5.10 Å². The number of morpholine rings is 1. The van der Waals surface area contributed by atoms with Crippen LogP contribution in [0.3, 0.4) is 0 Å². The molecule has 1 aliphatic rings. The fourth-order valence-corrected chi connectivity index (χ4v) is 3.77. The van der Waals surface area contributed by atoms with E-state index in [-0.39, 0.29) is 17.9 Å². The van der Waals surface area contributed by atoms with Crippen LogP contribution in [0.15, 0.2) is 48.9 Å². The number of carbonyl (C=O) groups excluding carboxylic acids is 1. The van der Waals surface area contributed by atoms with Gasteiger partial charge in [0.25, 0.3) is 0 Å². The van der Waals surface area contributed by atoms with Crippen molar-refractivity contribution in [3.05, 3.63) is 65.3 Å². The van der Waals surface area contributed by atoms with Crippen LogP contribution in [0.5, 0.6) is 0 Å². The highest BCUT2D eigenvalue weighted by atomic mass is 35.5. The number of ether oxygens (including phenoxy) is 1. The van der Waals surface area contributed by atoms with Crippen LogP contribution in [0.2, 0.25) is 5.02 Å². The molecule has 1 atom stereocenters. The molecule has 3 N–H and O–H groups in total. The second-order valence-corrected chi connectivity index (χ2v) is 8.67. The zero-order valence-electron chi connectivity index (χ0n) is 19.9. The molecule has 38 heavy (non-hydrogen) atoms. The van der Waals surface area contributed by atoms with E-state index in [1.165, 1.54) is 35.3 Å². The molecule has 2 aromatic heterocycles. The predicted octanol–water partition coefficient (Wildman–Crippen LogP) is 2.61. The van der Waals surface area contributed by atoms with Crippen molar-refractivity contribution in [2.24, 2.45) is 0 Å². The van der Waals surface area contributed by atoms with Crippen LogP contribution in [0, 0.1) is 5.41 Å². The number of amides is 2. The molecule has 0 unspecified atom stereocenters. The summed E-state index contributed by atoms with van der Waals surface area (Å²) in [6.07, 6.45) is -4.75. The SMILES string of the molecule is N=C(c1ccc(Cl)cc1)N(C[C@H](O)C(F)(F)F)C(=O)NCc1ncn(-c2cccnc2N2CCOCC2)n1. The summed E-state index contributed by atoms with van der Waals surface area (Å²) >= 11 is 5.84. The Kier molecular flexibility index (Phi) is 8.44. The van der Waals surface area contributed by atoms with Crippen molar-refractivity contribution in [3.8, 4) is 5.69 Å². The van der Waals surface area contributed by atoms with Gasteiger partial charge in [-0.05, 0) is 36.4 Å². The van der Waals surface area contributed by atoms with Crippen LogP contribution in [-0.4, -0.2) is 86.7 Å². The lowest BCUT2D eigenvalue weighted by molar-refractivity contribution is -0.204. The zero-order chi connectivity index (χ0) is 27.3. The summed E-state index contributed by atoms with van der Waals surface area (Å²) in [6, 6.07) is 8.14. The standard InChI is InChI=1S/C23H24ClF3N8O3/c24-16-5-3-15(4-6-16)20(28)34(13-18(36)23(25,26)27)22(37)30-12-19-31-14-35(32-19)17-2-1-7-29-21(17)33-8-10-38-11-9-33/h1-7,14,18,28,36H,8-13H2,(H,30,37)/t18-/m0/s1. The van der Waals surface area contributed by atoms with Gasteiger partial charge in [0, 0.05) is 29.9 Å². The second kappa shape index (κ2) is 11.8. The number of nitrogens with zero attached hydrogens (tertiary/aromatic N) is 6. The maximum absolute atomic E-state index is 13.0. The van der Waals surface area contributed by atoms with Gasteiger partial charge in [-0.1, -0.05) is 11.6 Å². The monoisotopic (exact) mass is 552 g/mol. The van der Waals surface area contributed by atoms with Gasteiger partial charge in [0.15, 0.2) is 17.7 Å². The molecule has 1 aromatic carbocycles. The third kappa shape index (κ3) is 6.57. The van der Waals surface area contributed by atoms with E-state index >= 15 is 0 Å². The van der Waals surface area contributed by atoms with Crippen molar-refractivity contribution < 1.29 is 27.8 Å². The molecule has 0 saturated carbocycles. The predicted molar refractivity (Wildman–Crippen MR) is 131 cm³/mol. The number of anilines is 1. The Hall–Kier alpha value is -3.75. The number of aliphatic hydroxyl groups is 1. The van der Waals surface area contributed by atoms with Crippen molar-refractivity contribution in [3.63, 3.8) is 0 Å². The van der Waals surface area contributed by atoms with Gasteiger partial charge in [0.05, 0.1) is 26.3 Å². The number of amidine groups is 1. The highest BCUT2D eigenvalue weighted by Crippen LogP contribution is 2.23. The lowest BCUT2D eigenvalue weighted by Crippen LogP contribution is -2.50. The van der Waals surface area contributed by atoms with Gasteiger partial charge in [-0.3, -0.25) is 10.3 Å². The number of benzene rings is 1. The second-order valence-electron chi connectivity index (χ2n) is 8.23. The molecule has 0 radical (unpaired) electrons. The molecule has 2 amide bonds. The van der Waals surface area contributed by atoms with Gasteiger partial charge in [-0.2, -0.15) is 13.2 Å². The number of halogens is 4. The minimum Gasteiger partial charge on any atom is -0.382 e. The van der Waals surface area contributed by atoms with Crippen LogP contribution < -0.4 is 10.2 Å². The molecule has 0 aliphatic carbocycles. The molecule has 3 heterocycles. The first-order valence-corrected chi connectivity index (χ1v) is 11.8. The minimum absolute atomic E-state index is 0.133. The number of rotatable bonds is 7. The molecule has 1 aliphatic heterocycles. The molecule has 11 nitrogen and oxygen atoms in total. The molecule has 15 heteroatoms. The third-order valence-corrected chi connectivity index (χ3v) is 5.88. The van der Waals surface area contributed by atoms with Gasteiger partial charge in [0.1, 0.15) is 17.9 Å². The van der Waals surface area contributed by atoms with E-state index in [1.54, 1.807) is 12.3 Å². The number of pyridine rings is 1. The largest absolute Gasteiger partial charge is 0.416 e. The van der Waals surface area contributed by atoms with E-state index in [0.717, 1.165) is 0 Å². The fraction of sp³-hybridized carbons (Fsp3) is 0.348. The molecular weight excluding hydrogens is 529 g/mol. The van der Waals surface area contributed by atoms with Gasteiger partial charge >= 0.3 is 12.2 Å². The topological polar surface area (TPSA) is 132 Å². The molecular formula is C23H24ClF3N8O3. The Morgan fingerprint density at radius 3 is 2.61 bits per heavy atom. The molecule has 0 spiro atoms. The van der Waals surface area contributed by atoms with E-state index in [9.17, 15) is 23.1 Å². The number of alkyl halides is 3.